The summed E-state index contributed by atoms with van der Waals surface area (Å²) in [5.74, 6) is -0.814. The lowest BCUT2D eigenvalue weighted by molar-refractivity contribution is -0.122. The standard InChI is InChI=1S/C27H24N4O3/c32-24(19-30-26(33)21-11-5-2-6-12-21)31-25(20-9-3-1-4-10-20)27(34,22-13-7-15-28-17-22)23-14-8-16-29-18-23/h1-18,25,34H,19H2,(H,30,33)(H,31,32). The number of carbonyl (C=O) groups is 2. The molecule has 1 atom stereocenters. The number of hydrogen-bond donors (Lipinski definition) is 3. The van der Waals surface area contributed by atoms with E-state index in [0.29, 0.717) is 22.3 Å². The van der Waals surface area contributed by atoms with E-state index in [1.165, 1.54) is 0 Å². The normalized spacial score (nSPS) is 11.9. The van der Waals surface area contributed by atoms with Crippen molar-refractivity contribution in [3.63, 3.8) is 0 Å². The molecule has 34 heavy (non-hydrogen) atoms. The Bertz CT molecular complexity index is 1180. The fourth-order valence-corrected chi connectivity index (χ4v) is 3.82. The highest BCUT2D eigenvalue weighted by atomic mass is 16.3. The van der Waals surface area contributed by atoms with Crippen LogP contribution >= 0.6 is 0 Å². The molecule has 2 heterocycles. The third-order valence-electron chi connectivity index (χ3n) is 5.50. The number of amides is 2. The SMILES string of the molecule is O=C(CNC(=O)c1ccccc1)NC(c1ccccc1)C(O)(c1cccnc1)c1cccnc1. The summed E-state index contributed by atoms with van der Waals surface area (Å²) in [4.78, 5) is 33.7. The lowest BCUT2D eigenvalue weighted by Gasteiger charge is -2.37. The second-order valence-electron chi connectivity index (χ2n) is 7.71. The average Bonchev–Trinajstić information content (AvgIpc) is 2.92. The van der Waals surface area contributed by atoms with Crippen molar-refractivity contribution < 1.29 is 14.7 Å². The Kier molecular flexibility index (Phi) is 7.05. The molecule has 0 saturated heterocycles. The minimum absolute atomic E-state index is 0.257. The molecule has 0 aliphatic rings. The zero-order valence-electron chi connectivity index (χ0n) is 18.3. The molecule has 0 fully saturated rings. The number of carbonyl (C=O) groups excluding carboxylic acids is 2. The van der Waals surface area contributed by atoms with Gasteiger partial charge in [0.05, 0.1) is 12.6 Å². The summed E-state index contributed by atoms with van der Waals surface area (Å²) in [6.45, 7) is -0.257. The van der Waals surface area contributed by atoms with Crippen LogP contribution in [-0.4, -0.2) is 33.4 Å². The van der Waals surface area contributed by atoms with E-state index in [9.17, 15) is 14.7 Å². The first-order valence-electron chi connectivity index (χ1n) is 10.8. The minimum atomic E-state index is -1.68. The molecule has 0 radical (unpaired) electrons. The summed E-state index contributed by atoms with van der Waals surface area (Å²) < 4.78 is 0. The van der Waals surface area contributed by atoms with Gasteiger partial charge in [0.15, 0.2) is 0 Å². The largest absolute Gasteiger partial charge is 0.378 e. The number of aliphatic hydroxyl groups is 1. The number of rotatable bonds is 8. The van der Waals surface area contributed by atoms with Crippen molar-refractivity contribution in [2.45, 2.75) is 11.6 Å². The van der Waals surface area contributed by atoms with Gasteiger partial charge in [-0.25, -0.2) is 0 Å². The lowest BCUT2D eigenvalue weighted by atomic mass is 9.78. The molecule has 4 rings (SSSR count). The van der Waals surface area contributed by atoms with Crippen LogP contribution in [0.2, 0.25) is 0 Å². The van der Waals surface area contributed by atoms with Crippen molar-refractivity contribution in [1.82, 2.24) is 20.6 Å². The summed E-state index contributed by atoms with van der Waals surface area (Å²) in [7, 11) is 0. The van der Waals surface area contributed by atoms with Crippen LogP contribution in [-0.2, 0) is 10.4 Å². The third-order valence-corrected chi connectivity index (χ3v) is 5.50. The maximum absolute atomic E-state index is 13.0. The van der Waals surface area contributed by atoms with Crippen molar-refractivity contribution in [1.29, 1.82) is 0 Å². The fourth-order valence-electron chi connectivity index (χ4n) is 3.82. The Morgan fingerprint density at radius 3 is 1.88 bits per heavy atom. The number of nitrogens with zero attached hydrogens (tertiary/aromatic N) is 2. The molecule has 3 N–H and O–H groups in total. The van der Waals surface area contributed by atoms with E-state index in [2.05, 4.69) is 20.6 Å². The maximum atomic E-state index is 13.0. The summed E-state index contributed by atoms with van der Waals surface area (Å²) in [6.07, 6.45) is 6.35. The van der Waals surface area contributed by atoms with Gasteiger partial charge in [-0.1, -0.05) is 60.7 Å². The molecule has 4 aromatic rings. The molecule has 7 heteroatoms. The summed E-state index contributed by atoms with van der Waals surface area (Å²) in [5.41, 5.74) is 0.441. The molecule has 0 saturated carbocycles. The second-order valence-corrected chi connectivity index (χ2v) is 7.71. The van der Waals surface area contributed by atoms with Crippen LogP contribution in [0.25, 0.3) is 0 Å². The van der Waals surface area contributed by atoms with E-state index >= 15 is 0 Å². The van der Waals surface area contributed by atoms with E-state index in [1.807, 2.05) is 36.4 Å². The third kappa shape index (κ3) is 5.00. The highest BCUT2D eigenvalue weighted by molar-refractivity contribution is 5.96. The van der Waals surface area contributed by atoms with Gasteiger partial charge in [0.1, 0.15) is 5.60 Å². The molecule has 2 aromatic carbocycles. The summed E-state index contributed by atoms with van der Waals surface area (Å²) in [5, 5.41) is 17.7. The van der Waals surface area contributed by atoms with E-state index in [1.54, 1.807) is 73.3 Å². The highest BCUT2D eigenvalue weighted by Crippen LogP contribution is 2.40. The van der Waals surface area contributed by atoms with Crippen molar-refractivity contribution in [3.8, 4) is 0 Å². The van der Waals surface area contributed by atoms with Crippen LogP contribution in [0.4, 0.5) is 0 Å². The zero-order chi connectivity index (χ0) is 23.8. The molecular weight excluding hydrogens is 428 g/mol. The monoisotopic (exact) mass is 452 g/mol. The zero-order valence-corrected chi connectivity index (χ0v) is 18.3. The van der Waals surface area contributed by atoms with Crippen molar-refractivity contribution in [2.24, 2.45) is 0 Å². The average molecular weight is 453 g/mol. The van der Waals surface area contributed by atoms with Gasteiger partial charge in [-0.05, 0) is 29.8 Å². The van der Waals surface area contributed by atoms with Gasteiger partial charge in [0, 0.05) is 41.5 Å². The van der Waals surface area contributed by atoms with E-state index in [0.717, 1.165) is 0 Å². The Labute approximate surface area is 197 Å². The quantitative estimate of drug-likeness (QED) is 0.381. The van der Waals surface area contributed by atoms with Crippen LogP contribution < -0.4 is 10.6 Å². The topological polar surface area (TPSA) is 104 Å². The summed E-state index contributed by atoms with van der Waals surface area (Å²) in [6, 6.07) is 23.9. The van der Waals surface area contributed by atoms with E-state index < -0.39 is 17.6 Å². The predicted molar refractivity (Wildman–Crippen MR) is 128 cm³/mol. The molecule has 7 nitrogen and oxygen atoms in total. The second kappa shape index (κ2) is 10.5. The molecule has 170 valence electrons. The van der Waals surface area contributed by atoms with Crippen molar-refractivity contribution in [2.75, 3.05) is 6.54 Å². The number of hydrogen-bond acceptors (Lipinski definition) is 5. The van der Waals surface area contributed by atoms with Gasteiger partial charge >= 0.3 is 0 Å². The minimum Gasteiger partial charge on any atom is -0.378 e. The van der Waals surface area contributed by atoms with E-state index in [4.69, 9.17) is 0 Å². The van der Waals surface area contributed by atoms with Gasteiger partial charge in [-0.15, -0.1) is 0 Å². The molecular formula is C27H24N4O3. The smallest absolute Gasteiger partial charge is 0.251 e. The first kappa shape index (κ1) is 22.8. The van der Waals surface area contributed by atoms with Crippen LogP contribution in [0.15, 0.2) is 110 Å². The first-order valence-corrected chi connectivity index (χ1v) is 10.8. The molecule has 0 aliphatic carbocycles. The molecule has 2 aromatic heterocycles. The van der Waals surface area contributed by atoms with Gasteiger partial charge in [-0.2, -0.15) is 0 Å². The molecule has 0 bridgehead atoms. The molecule has 0 spiro atoms. The number of pyridine rings is 2. The number of benzene rings is 2. The van der Waals surface area contributed by atoms with Gasteiger partial charge in [0.25, 0.3) is 5.91 Å². The van der Waals surface area contributed by atoms with Crippen LogP contribution in [0.5, 0.6) is 0 Å². The lowest BCUT2D eigenvalue weighted by Crippen LogP contribution is -2.47. The Morgan fingerprint density at radius 1 is 0.794 bits per heavy atom. The van der Waals surface area contributed by atoms with E-state index in [-0.39, 0.29) is 12.5 Å². The van der Waals surface area contributed by atoms with Crippen LogP contribution in [0, 0.1) is 0 Å². The van der Waals surface area contributed by atoms with Crippen LogP contribution in [0.3, 0.4) is 0 Å². The highest BCUT2D eigenvalue weighted by Gasteiger charge is 2.42. The molecule has 1 unspecified atom stereocenters. The number of aromatic nitrogens is 2. The van der Waals surface area contributed by atoms with Crippen molar-refractivity contribution in [3.05, 3.63) is 132 Å². The van der Waals surface area contributed by atoms with Gasteiger partial charge in [0.2, 0.25) is 5.91 Å². The molecule has 2 amide bonds. The van der Waals surface area contributed by atoms with Gasteiger partial charge in [-0.3, -0.25) is 19.6 Å². The Balaban J connectivity index is 1.66. The molecule has 0 aliphatic heterocycles. The Hall–Kier alpha value is -4.36. The predicted octanol–water partition coefficient (Wildman–Crippen LogP) is 3.00. The summed E-state index contributed by atoms with van der Waals surface area (Å²) >= 11 is 0. The van der Waals surface area contributed by atoms with Gasteiger partial charge < -0.3 is 15.7 Å². The van der Waals surface area contributed by atoms with Crippen LogP contribution in [0.1, 0.15) is 33.1 Å². The van der Waals surface area contributed by atoms with Crippen molar-refractivity contribution >= 4 is 11.8 Å². The first-order chi connectivity index (χ1) is 16.6. The maximum Gasteiger partial charge on any atom is 0.251 e. The fraction of sp³-hybridized carbons (Fsp3) is 0.111. The number of nitrogens with one attached hydrogen (secondary N) is 2. The Morgan fingerprint density at radius 2 is 1.35 bits per heavy atom.